The Morgan fingerprint density at radius 2 is 2.33 bits per heavy atom. The van der Waals surface area contributed by atoms with Gasteiger partial charge in [0.2, 0.25) is 0 Å². The summed E-state index contributed by atoms with van der Waals surface area (Å²) in [5.74, 6) is -0.415. The smallest absolute Gasteiger partial charge is 0.349 e. The number of nitrogen functional groups attached to an aromatic ring is 1. The number of nitrogens with two attached hydrogens (primary N) is 1. The zero-order valence-corrected chi connectivity index (χ0v) is 8.43. The summed E-state index contributed by atoms with van der Waals surface area (Å²) in [4.78, 5) is 25.4. The van der Waals surface area contributed by atoms with Gasteiger partial charge in [-0.1, -0.05) is 0 Å². The minimum absolute atomic E-state index is 0.0817. The van der Waals surface area contributed by atoms with Crippen molar-refractivity contribution in [3.63, 3.8) is 0 Å². The zero-order chi connectivity index (χ0) is 11.4. The number of carbonyl (C=O) groups excluding carboxylic acids is 1. The third-order valence-corrected chi connectivity index (χ3v) is 1.75. The Kier molecular flexibility index (Phi) is 3.22. The summed E-state index contributed by atoms with van der Waals surface area (Å²) in [5.41, 5.74) is 5.54. The minimum atomic E-state index is -0.497. The number of ether oxygens (including phenoxy) is 1. The van der Waals surface area contributed by atoms with Crippen molar-refractivity contribution in [1.29, 1.82) is 0 Å². The maximum absolute atomic E-state index is 11.0. The van der Waals surface area contributed by atoms with E-state index < -0.39 is 11.7 Å². The van der Waals surface area contributed by atoms with Gasteiger partial charge in [0.25, 0.3) is 0 Å². The highest BCUT2D eigenvalue weighted by molar-refractivity contribution is 5.87. The van der Waals surface area contributed by atoms with Crippen molar-refractivity contribution in [1.82, 2.24) is 9.55 Å². The largest absolute Gasteiger partial charge is 0.466 e. The van der Waals surface area contributed by atoms with Crippen molar-refractivity contribution < 1.29 is 9.53 Å². The molecule has 0 saturated carbocycles. The molecule has 1 aromatic heterocycles. The van der Waals surface area contributed by atoms with Crippen LogP contribution in [0, 0.1) is 0 Å². The van der Waals surface area contributed by atoms with Gasteiger partial charge in [0.1, 0.15) is 5.82 Å². The molecule has 6 nitrogen and oxygen atoms in total. The first-order chi connectivity index (χ1) is 7.04. The molecule has 0 amide bonds. The van der Waals surface area contributed by atoms with Crippen molar-refractivity contribution in [2.45, 2.75) is 0 Å². The summed E-state index contributed by atoms with van der Waals surface area (Å²) in [7, 11) is 2.82. The molecule has 0 saturated heterocycles. The fourth-order valence-corrected chi connectivity index (χ4v) is 0.931. The molecule has 0 aliphatic heterocycles. The number of aromatic nitrogens is 2. The molecule has 0 aliphatic carbocycles. The van der Waals surface area contributed by atoms with Gasteiger partial charge in [-0.25, -0.2) is 9.59 Å². The number of anilines is 1. The fraction of sp³-hybridized carbons (Fsp3) is 0.222. The Hall–Kier alpha value is -2.11. The minimum Gasteiger partial charge on any atom is -0.466 e. The lowest BCUT2D eigenvalue weighted by atomic mass is 10.3. The van der Waals surface area contributed by atoms with Gasteiger partial charge in [0.05, 0.1) is 7.11 Å². The average molecular weight is 209 g/mol. The molecule has 0 radical (unpaired) electrons. The van der Waals surface area contributed by atoms with Gasteiger partial charge >= 0.3 is 11.7 Å². The molecule has 0 spiro atoms. The predicted molar refractivity (Wildman–Crippen MR) is 54.9 cm³/mol. The molecule has 15 heavy (non-hydrogen) atoms. The van der Waals surface area contributed by atoms with Gasteiger partial charge < -0.3 is 15.0 Å². The quantitative estimate of drug-likeness (QED) is 0.526. The Labute approximate surface area is 86.0 Å². The second-order valence-corrected chi connectivity index (χ2v) is 2.83. The monoisotopic (exact) mass is 209 g/mol. The van der Waals surface area contributed by atoms with E-state index in [9.17, 15) is 9.59 Å². The Morgan fingerprint density at radius 3 is 2.93 bits per heavy atom. The van der Waals surface area contributed by atoms with Crippen molar-refractivity contribution in [3.8, 4) is 0 Å². The van der Waals surface area contributed by atoms with E-state index in [0.717, 1.165) is 0 Å². The van der Waals surface area contributed by atoms with E-state index in [1.54, 1.807) is 7.05 Å². The van der Waals surface area contributed by atoms with E-state index in [1.807, 2.05) is 0 Å². The summed E-state index contributed by atoms with van der Waals surface area (Å²) in [6.07, 6.45) is 4.13. The van der Waals surface area contributed by atoms with Crippen molar-refractivity contribution in [2.75, 3.05) is 12.8 Å². The van der Waals surface area contributed by atoms with Crippen LogP contribution in [0.3, 0.4) is 0 Å². The molecule has 0 aromatic carbocycles. The first-order valence-corrected chi connectivity index (χ1v) is 4.13. The van der Waals surface area contributed by atoms with Gasteiger partial charge in [-0.15, -0.1) is 0 Å². The normalized spacial score (nSPS) is 10.5. The molecule has 0 unspecified atom stereocenters. The molecule has 1 aromatic rings. The van der Waals surface area contributed by atoms with E-state index in [2.05, 4.69) is 9.72 Å². The molecule has 0 atom stereocenters. The highest BCUT2D eigenvalue weighted by Crippen LogP contribution is 2.06. The number of rotatable bonds is 2. The Bertz CT molecular complexity index is 462. The fourth-order valence-electron chi connectivity index (χ4n) is 0.931. The van der Waals surface area contributed by atoms with Gasteiger partial charge in [0.15, 0.2) is 0 Å². The van der Waals surface area contributed by atoms with Gasteiger partial charge in [-0.05, 0) is 6.08 Å². The molecule has 0 bridgehead atoms. The summed E-state index contributed by atoms with van der Waals surface area (Å²) in [6, 6.07) is 0. The van der Waals surface area contributed by atoms with E-state index in [0.29, 0.717) is 5.56 Å². The van der Waals surface area contributed by atoms with Crippen LogP contribution in [0.1, 0.15) is 5.56 Å². The highest BCUT2D eigenvalue weighted by Gasteiger charge is 2.01. The maximum Gasteiger partial charge on any atom is 0.349 e. The van der Waals surface area contributed by atoms with Crippen LogP contribution in [0.2, 0.25) is 0 Å². The zero-order valence-electron chi connectivity index (χ0n) is 8.43. The predicted octanol–water partition coefficient (Wildman–Crippen LogP) is -0.451. The van der Waals surface area contributed by atoms with E-state index in [4.69, 9.17) is 5.73 Å². The van der Waals surface area contributed by atoms with Crippen molar-refractivity contribution in [3.05, 3.63) is 28.3 Å². The number of hydrogen-bond acceptors (Lipinski definition) is 5. The van der Waals surface area contributed by atoms with E-state index in [-0.39, 0.29) is 5.82 Å². The van der Waals surface area contributed by atoms with Crippen LogP contribution in [-0.2, 0) is 16.6 Å². The number of aryl methyl sites for hydroxylation is 1. The van der Waals surface area contributed by atoms with Crippen LogP contribution < -0.4 is 11.4 Å². The van der Waals surface area contributed by atoms with Crippen LogP contribution in [0.4, 0.5) is 5.82 Å². The summed E-state index contributed by atoms with van der Waals surface area (Å²) in [6.45, 7) is 0. The summed E-state index contributed by atoms with van der Waals surface area (Å²) in [5, 5.41) is 0. The standard InChI is InChI=1S/C9H11N3O3/c1-12-5-6(3-4-7(13)15-2)8(10)11-9(12)14/h3-5H,1-2H3,(H2,10,11,14)/b4-3+. The lowest BCUT2D eigenvalue weighted by Crippen LogP contribution is -2.21. The third-order valence-electron chi connectivity index (χ3n) is 1.75. The average Bonchev–Trinajstić information content (AvgIpc) is 2.21. The first-order valence-electron chi connectivity index (χ1n) is 4.13. The van der Waals surface area contributed by atoms with Crippen LogP contribution in [0.5, 0.6) is 0 Å². The molecular formula is C9H11N3O3. The second-order valence-electron chi connectivity index (χ2n) is 2.83. The number of carbonyl (C=O) groups is 1. The van der Waals surface area contributed by atoms with E-state index >= 15 is 0 Å². The number of nitrogens with zero attached hydrogens (tertiary/aromatic N) is 2. The van der Waals surface area contributed by atoms with Crippen LogP contribution >= 0.6 is 0 Å². The van der Waals surface area contributed by atoms with Gasteiger partial charge in [-0.3, -0.25) is 0 Å². The van der Waals surface area contributed by atoms with Gasteiger partial charge in [0, 0.05) is 24.9 Å². The molecule has 1 rings (SSSR count). The SMILES string of the molecule is COC(=O)/C=C/c1cn(C)c(=O)nc1N. The van der Waals surface area contributed by atoms with Crippen LogP contribution in [0.15, 0.2) is 17.1 Å². The summed E-state index contributed by atoms with van der Waals surface area (Å²) < 4.78 is 5.68. The molecule has 1 heterocycles. The number of hydrogen-bond donors (Lipinski definition) is 1. The molecule has 0 fully saturated rings. The lowest BCUT2D eigenvalue weighted by molar-refractivity contribution is -0.134. The Morgan fingerprint density at radius 1 is 1.67 bits per heavy atom. The molecule has 6 heteroatoms. The number of esters is 1. The van der Waals surface area contributed by atoms with Crippen LogP contribution in [0.25, 0.3) is 6.08 Å². The molecule has 0 aliphatic rings. The first kappa shape index (κ1) is 11.0. The lowest BCUT2D eigenvalue weighted by Gasteiger charge is -2.01. The van der Waals surface area contributed by atoms with Crippen molar-refractivity contribution >= 4 is 17.9 Å². The van der Waals surface area contributed by atoms with Crippen molar-refractivity contribution in [2.24, 2.45) is 7.05 Å². The molecular weight excluding hydrogens is 198 g/mol. The maximum atomic E-state index is 11.0. The summed E-state index contributed by atoms with van der Waals surface area (Å²) >= 11 is 0. The Balaban J connectivity index is 3.06. The van der Waals surface area contributed by atoms with Crippen LogP contribution in [-0.4, -0.2) is 22.6 Å². The second kappa shape index (κ2) is 4.41. The third kappa shape index (κ3) is 2.67. The topological polar surface area (TPSA) is 87.2 Å². The molecule has 2 N–H and O–H groups in total. The highest BCUT2D eigenvalue weighted by atomic mass is 16.5. The number of methoxy groups -OCH3 is 1. The van der Waals surface area contributed by atoms with E-state index in [1.165, 1.54) is 30.0 Å². The molecule has 80 valence electrons. The van der Waals surface area contributed by atoms with Gasteiger partial charge in [-0.2, -0.15) is 4.98 Å².